The van der Waals surface area contributed by atoms with Gasteiger partial charge < -0.3 is 10.1 Å². The van der Waals surface area contributed by atoms with Crippen molar-refractivity contribution in [3.8, 4) is 11.5 Å². The fourth-order valence-corrected chi connectivity index (χ4v) is 2.24. The topological polar surface area (TPSA) is 64.4 Å². The Balaban J connectivity index is 2.27. The molecule has 0 atom stereocenters. The molecule has 0 bridgehead atoms. The molecule has 0 aliphatic rings. The number of hydrogen-bond donors (Lipinski definition) is 1. The summed E-state index contributed by atoms with van der Waals surface area (Å²) in [4.78, 5) is 10.3. The molecule has 110 valence electrons. The molecule has 0 aliphatic heterocycles. The van der Waals surface area contributed by atoms with Crippen molar-refractivity contribution in [1.82, 2.24) is 5.32 Å². The monoisotopic (exact) mass is 354 g/mol. The number of hydrogen-bond acceptors (Lipinski definition) is 4. The summed E-state index contributed by atoms with van der Waals surface area (Å²) < 4.78 is 19.8. The van der Waals surface area contributed by atoms with Crippen LogP contribution < -0.4 is 10.1 Å². The van der Waals surface area contributed by atoms with Gasteiger partial charge in [-0.3, -0.25) is 10.1 Å². The van der Waals surface area contributed by atoms with Gasteiger partial charge in [-0.25, -0.2) is 4.39 Å². The lowest BCUT2D eigenvalue weighted by Crippen LogP contribution is -2.05. The molecule has 0 fully saturated rings. The molecule has 0 saturated heterocycles. The van der Waals surface area contributed by atoms with Crippen LogP contribution in [0.4, 0.5) is 10.1 Å². The van der Waals surface area contributed by atoms with Crippen LogP contribution in [0.15, 0.2) is 40.9 Å². The second-order valence-electron chi connectivity index (χ2n) is 4.30. The van der Waals surface area contributed by atoms with E-state index in [4.69, 9.17) is 4.74 Å². The predicted molar refractivity (Wildman–Crippen MR) is 80.0 cm³/mol. The maximum absolute atomic E-state index is 13.9. The highest BCUT2D eigenvalue weighted by Gasteiger charge is 2.12. The Morgan fingerprint density at radius 1 is 1.33 bits per heavy atom. The molecule has 0 aromatic heterocycles. The Morgan fingerprint density at radius 2 is 2.10 bits per heavy atom. The van der Waals surface area contributed by atoms with Gasteiger partial charge in [0.15, 0.2) is 11.6 Å². The maximum Gasteiger partial charge on any atom is 0.274 e. The van der Waals surface area contributed by atoms with Crippen molar-refractivity contribution in [1.29, 1.82) is 0 Å². The number of ether oxygens (including phenoxy) is 1. The van der Waals surface area contributed by atoms with Crippen molar-refractivity contribution in [3.05, 3.63) is 62.4 Å². The van der Waals surface area contributed by atoms with E-state index in [1.807, 2.05) is 0 Å². The molecule has 1 N–H and O–H groups in total. The Hall–Kier alpha value is -1.99. The van der Waals surface area contributed by atoms with Crippen LogP contribution in [-0.4, -0.2) is 12.0 Å². The van der Waals surface area contributed by atoms with Crippen molar-refractivity contribution in [2.45, 2.75) is 6.54 Å². The van der Waals surface area contributed by atoms with Crippen LogP contribution in [0.3, 0.4) is 0 Å². The van der Waals surface area contributed by atoms with Gasteiger partial charge in [0.1, 0.15) is 5.75 Å². The summed E-state index contributed by atoms with van der Waals surface area (Å²) in [6.45, 7) is 0.541. The van der Waals surface area contributed by atoms with Gasteiger partial charge in [0.05, 0.1) is 11.0 Å². The second kappa shape index (κ2) is 6.64. The van der Waals surface area contributed by atoms with E-state index in [1.165, 1.54) is 30.3 Å². The Morgan fingerprint density at radius 3 is 2.71 bits per heavy atom. The van der Waals surface area contributed by atoms with Crippen LogP contribution >= 0.6 is 15.9 Å². The van der Waals surface area contributed by atoms with Crippen molar-refractivity contribution < 1.29 is 14.1 Å². The predicted octanol–water partition coefficient (Wildman–Crippen LogP) is 4.01. The number of non-ortho nitro benzene ring substituents is 1. The number of benzene rings is 2. The molecule has 0 heterocycles. The van der Waals surface area contributed by atoms with Gasteiger partial charge >= 0.3 is 0 Å². The van der Waals surface area contributed by atoms with Crippen molar-refractivity contribution in [3.63, 3.8) is 0 Å². The minimum absolute atomic E-state index is 0.0160. The average Bonchev–Trinajstić information content (AvgIpc) is 2.41. The van der Waals surface area contributed by atoms with Gasteiger partial charge in [0.2, 0.25) is 0 Å². The SMILES string of the molecule is CNCc1ccc(Oc2cc(Br)cc([N+](=O)[O-])c2)c(F)c1. The van der Waals surface area contributed by atoms with E-state index in [0.29, 0.717) is 11.0 Å². The van der Waals surface area contributed by atoms with Crippen LogP contribution in [0.5, 0.6) is 11.5 Å². The molecule has 0 spiro atoms. The van der Waals surface area contributed by atoms with Crippen LogP contribution in [0.2, 0.25) is 0 Å². The van der Waals surface area contributed by atoms with Gasteiger partial charge in [0, 0.05) is 17.1 Å². The zero-order valence-corrected chi connectivity index (χ0v) is 12.7. The summed E-state index contributed by atoms with van der Waals surface area (Å²) in [6.07, 6.45) is 0. The first kappa shape index (κ1) is 15.4. The van der Waals surface area contributed by atoms with Crippen molar-refractivity contribution in [2.24, 2.45) is 0 Å². The highest BCUT2D eigenvalue weighted by atomic mass is 79.9. The third-order valence-corrected chi connectivity index (χ3v) is 3.13. The van der Waals surface area contributed by atoms with Crippen LogP contribution in [0.1, 0.15) is 5.56 Å². The molecule has 0 unspecified atom stereocenters. The zero-order chi connectivity index (χ0) is 15.4. The fraction of sp³-hybridized carbons (Fsp3) is 0.143. The highest BCUT2D eigenvalue weighted by Crippen LogP contribution is 2.31. The lowest BCUT2D eigenvalue weighted by atomic mass is 10.2. The van der Waals surface area contributed by atoms with Crippen molar-refractivity contribution in [2.75, 3.05) is 7.05 Å². The number of nitro benzene ring substituents is 1. The molecular weight excluding hydrogens is 343 g/mol. The van der Waals surface area contributed by atoms with Gasteiger partial charge in [-0.15, -0.1) is 0 Å². The summed E-state index contributed by atoms with van der Waals surface area (Å²) >= 11 is 3.16. The molecule has 0 aliphatic carbocycles. The van der Waals surface area contributed by atoms with E-state index < -0.39 is 10.7 Å². The van der Waals surface area contributed by atoms with Crippen LogP contribution in [0, 0.1) is 15.9 Å². The number of nitrogens with zero attached hydrogens (tertiary/aromatic N) is 1. The highest BCUT2D eigenvalue weighted by molar-refractivity contribution is 9.10. The lowest BCUT2D eigenvalue weighted by molar-refractivity contribution is -0.385. The Bertz CT molecular complexity index is 679. The summed E-state index contributed by atoms with van der Waals surface area (Å²) in [6, 6.07) is 8.70. The largest absolute Gasteiger partial charge is 0.454 e. The van der Waals surface area contributed by atoms with E-state index in [0.717, 1.165) is 5.56 Å². The van der Waals surface area contributed by atoms with Crippen LogP contribution in [-0.2, 0) is 6.54 Å². The van der Waals surface area contributed by atoms with Crippen LogP contribution in [0.25, 0.3) is 0 Å². The first-order valence-corrected chi connectivity index (χ1v) is 6.85. The standard InChI is InChI=1S/C14H12BrFN2O3/c1-17-8-9-2-3-14(13(16)4-9)21-12-6-10(15)5-11(7-12)18(19)20/h2-7,17H,8H2,1H3. The fourth-order valence-electron chi connectivity index (χ4n) is 1.78. The average molecular weight is 355 g/mol. The molecule has 7 heteroatoms. The minimum Gasteiger partial charge on any atom is -0.454 e. The molecule has 2 aromatic carbocycles. The third-order valence-electron chi connectivity index (χ3n) is 2.67. The molecule has 0 amide bonds. The van der Waals surface area contributed by atoms with E-state index in [2.05, 4.69) is 21.2 Å². The lowest BCUT2D eigenvalue weighted by Gasteiger charge is -2.09. The summed E-state index contributed by atoms with van der Waals surface area (Å²) in [5.41, 5.74) is 0.647. The quantitative estimate of drug-likeness (QED) is 0.650. The van der Waals surface area contributed by atoms with E-state index in [9.17, 15) is 14.5 Å². The maximum atomic E-state index is 13.9. The van der Waals surface area contributed by atoms with E-state index in [-0.39, 0.29) is 17.2 Å². The summed E-state index contributed by atoms with van der Waals surface area (Å²) in [5, 5.41) is 13.7. The van der Waals surface area contributed by atoms with E-state index in [1.54, 1.807) is 13.1 Å². The molecule has 2 aromatic rings. The zero-order valence-electron chi connectivity index (χ0n) is 11.1. The molecule has 5 nitrogen and oxygen atoms in total. The first-order valence-electron chi connectivity index (χ1n) is 6.05. The molecule has 21 heavy (non-hydrogen) atoms. The molecule has 2 rings (SSSR count). The van der Waals surface area contributed by atoms with Gasteiger partial charge in [-0.1, -0.05) is 22.0 Å². The summed E-state index contributed by atoms with van der Waals surface area (Å²) in [7, 11) is 1.77. The molecule has 0 radical (unpaired) electrons. The number of rotatable bonds is 5. The number of nitro groups is 1. The third kappa shape index (κ3) is 3.99. The van der Waals surface area contributed by atoms with Crippen molar-refractivity contribution >= 4 is 21.6 Å². The number of nitrogens with one attached hydrogen (secondary N) is 1. The second-order valence-corrected chi connectivity index (χ2v) is 5.22. The van der Waals surface area contributed by atoms with Gasteiger partial charge in [-0.05, 0) is 30.8 Å². The van der Waals surface area contributed by atoms with Gasteiger partial charge in [-0.2, -0.15) is 0 Å². The smallest absolute Gasteiger partial charge is 0.274 e. The number of halogens is 2. The minimum atomic E-state index is -0.538. The van der Waals surface area contributed by atoms with Gasteiger partial charge in [0.25, 0.3) is 5.69 Å². The Kier molecular flexibility index (Phi) is 4.87. The molecular formula is C14H12BrFN2O3. The Labute approximate surface area is 129 Å². The van der Waals surface area contributed by atoms with E-state index >= 15 is 0 Å². The molecule has 0 saturated carbocycles. The normalized spacial score (nSPS) is 10.4. The summed E-state index contributed by atoms with van der Waals surface area (Å²) in [5.74, 6) is -0.316. The first-order chi connectivity index (χ1) is 9.99.